The summed E-state index contributed by atoms with van der Waals surface area (Å²) in [6.45, 7) is -2.97. The van der Waals surface area contributed by atoms with Gasteiger partial charge in [0.1, 0.15) is 5.75 Å². The highest BCUT2D eigenvalue weighted by atomic mass is 19.3. The summed E-state index contributed by atoms with van der Waals surface area (Å²) < 4.78 is 43.7. The number of nitrogens with one attached hydrogen (secondary N) is 1. The van der Waals surface area contributed by atoms with Crippen LogP contribution in [0.2, 0.25) is 0 Å². The van der Waals surface area contributed by atoms with Gasteiger partial charge in [0.25, 0.3) is 5.91 Å². The summed E-state index contributed by atoms with van der Waals surface area (Å²) in [5, 5.41) is 2.66. The summed E-state index contributed by atoms with van der Waals surface area (Å²) in [7, 11) is 3.10. The van der Waals surface area contributed by atoms with Crippen molar-refractivity contribution in [1.29, 1.82) is 0 Å². The molecule has 166 valence electrons. The van der Waals surface area contributed by atoms with E-state index in [9.17, 15) is 18.4 Å². The molecular formula is C22H23F2NO6. The first-order chi connectivity index (χ1) is 14.9. The Hall–Kier alpha value is -3.62. The molecule has 0 saturated heterocycles. The van der Waals surface area contributed by atoms with Crippen molar-refractivity contribution in [2.24, 2.45) is 0 Å². The molecule has 0 spiro atoms. The average Bonchev–Trinajstić information content (AvgIpc) is 2.76. The zero-order valence-corrected chi connectivity index (χ0v) is 17.1. The average molecular weight is 435 g/mol. The highest BCUT2D eigenvalue weighted by molar-refractivity contribution is 5.89. The Kier molecular flexibility index (Phi) is 9.28. The van der Waals surface area contributed by atoms with E-state index in [4.69, 9.17) is 14.2 Å². The first-order valence-electron chi connectivity index (χ1n) is 9.28. The van der Waals surface area contributed by atoms with Crippen LogP contribution in [-0.2, 0) is 20.7 Å². The summed E-state index contributed by atoms with van der Waals surface area (Å²) in [5.74, 6) is 0.0917. The molecule has 0 fully saturated rings. The van der Waals surface area contributed by atoms with Crippen LogP contribution in [0.4, 0.5) is 8.78 Å². The lowest BCUT2D eigenvalue weighted by molar-refractivity contribution is -0.143. The molecule has 2 rings (SSSR count). The van der Waals surface area contributed by atoms with Crippen LogP contribution in [0, 0.1) is 0 Å². The van der Waals surface area contributed by atoms with Crippen molar-refractivity contribution in [2.75, 3.05) is 27.4 Å². The second-order valence-corrected chi connectivity index (χ2v) is 6.18. The second-order valence-electron chi connectivity index (χ2n) is 6.18. The van der Waals surface area contributed by atoms with Crippen LogP contribution in [0.5, 0.6) is 17.2 Å². The van der Waals surface area contributed by atoms with Gasteiger partial charge in [-0.3, -0.25) is 4.79 Å². The molecular weight excluding hydrogens is 412 g/mol. The Balaban J connectivity index is 1.71. The molecule has 0 aliphatic carbocycles. The van der Waals surface area contributed by atoms with E-state index in [-0.39, 0.29) is 5.75 Å². The lowest BCUT2D eigenvalue weighted by Gasteiger charge is -2.10. The number of esters is 1. The van der Waals surface area contributed by atoms with Gasteiger partial charge in [-0.25, -0.2) is 4.79 Å². The SMILES string of the molecule is COc1ccc(CCNC(=O)COC(=O)/C=C/c2ccc(OC(F)F)cc2)cc1OC. The Morgan fingerprint density at radius 2 is 1.74 bits per heavy atom. The molecule has 7 nitrogen and oxygen atoms in total. The van der Waals surface area contributed by atoms with Gasteiger partial charge in [0.15, 0.2) is 18.1 Å². The fraction of sp³-hybridized carbons (Fsp3) is 0.273. The molecule has 0 aromatic heterocycles. The number of ether oxygens (including phenoxy) is 4. The first kappa shape index (κ1) is 23.7. The predicted molar refractivity (Wildman–Crippen MR) is 109 cm³/mol. The molecule has 0 atom stereocenters. The minimum atomic E-state index is -2.90. The standard InChI is InChI=1S/C22H23F2NO6/c1-28-18-9-5-16(13-19(18)29-2)11-12-25-20(26)14-30-21(27)10-6-15-3-7-17(8-4-15)31-22(23)24/h3-10,13,22H,11-12,14H2,1-2H3,(H,25,26)/b10-6+. The molecule has 1 amide bonds. The molecule has 31 heavy (non-hydrogen) atoms. The van der Waals surface area contributed by atoms with Gasteiger partial charge < -0.3 is 24.3 Å². The third kappa shape index (κ3) is 8.33. The van der Waals surface area contributed by atoms with Gasteiger partial charge in [-0.05, 0) is 47.9 Å². The van der Waals surface area contributed by atoms with Crippen molar-refractivity contribution in [3.8, 4) is 17.2 Å². The molecule has 0 heterocycles. The zero-order chi connectivity index (χ0) is 22.6. The van der Waals surface area contributed by atoms with Crippen LogP contribution in [0.3, 0.4) is 0 Å². The molecule has 0 aliphatic heterocycles. The van der Waals surface area contributed by atoms with E-state index in [0.717, 1.165) is 11.6 Å². The van der Waals surface area contributed by atoms with Crippen molar-refractivity contribution in [1.82, 2.24) is 5.32 Å². The van der Waals surface area contributed by atoms with E-state index in [2.05, 4.69) is 10.1 Å². The normalized spacial score (nSPS) is 10.7. The van der Waals surface area contributed by atoms with Crippen molar-refractivity contribution in [3.05, 3.63) is 59.7 Å². The van der Waals surface area contributed by atoms with Gasteiger partial charge >= 0.3 is 12.6 Å². The van der Waals surface area contributed by atoms with Gasteiger partial charge in [0.2, 0.25) is 0 Å². The Morgan fingerprint density at radius 1 is 1.03 bits per heavy atom. The Labute approximate surface area is 178 Å². The third-order valence-corrected chi connectivity index (χ3v) is 4.05. The number of halogens is 2. The summed E-state index contributed by atoms with van der Waals surface area (Å²) in [4.78, 5) is 23.5. The van der Waals surface area contributed by atoms with Crippen molar-refractivity contribution >= 4 is 18.0 Å². The molecule has 2 aromatic carbocycles. The minimum absolute atomic E-state index is 0.0134. The van der Waals surface area contributed by atoms with Gasteiger partial charge in [-0.15, -0.1) is 0 Å². The molecule has 9 heteroatoms. The Morgan fingerprint density at radius 3 is 2.39 bits per heavy atom. The number of carbonyl (C=O) groups is 2. The van der Waals surface area contributed by atoms with Gasteiger partial charge in [0.05, 0.1) is 14.2 Å². The fourth-order valence-electron chi connectivity index (χ4n) is 2.54. The third-order valence-electron chi connectivity index (χ3n) is 4.05. The maximum Gasteiger partial charge on any atom is 0.387 e. The molecule has 2 aromatic rings. The van der Waals surface area contributed by atoms with Crippen molar-refractivity contribution in [2.45, 2.75) is 13.0 Å². The highest BCUT2D eigenvalue weighted by Crippen LogP contribution is 2.27. The summed E-state index contributed by atoms with van der Waals surface area (Å²) in [5.41, 5.74) is 1.53. The number of methoxy groups -OCH3 is 2. The van der Waals surface area contributed by atoms with Crippen LogP contribution in [0.1, 0.15) is 11.1 Å². The molecule has 0 aliphatic rings. The largest absolute Gasteiger partial charge is 0.493 e. The number of benzene rings is 2. The topological polar surface area (TPSA) is 83.1 Å². The second kappa shape index (κ2) is 12.2. The van der Waals surface area contributed by atoms with Crippen LogP contribution in [0.25, 0.3) is 6.08 Å². The van der Waals surface area contributed by atoms with E-state index < -0.39 is 25.1 Å². The number of rotatable bonds is 11. The van der Waals surface area contributed by atoms with E-state index in [1.54, 1.807) is 20.3 Å². The lowest BCUT2D eigenvalue weighted by atomic mass is 10.1. The number of carbonyl (C=O) groups excluding carboxylic acids is 2. The van der Waals surface area contributed by atoms with Crippen molar-refractivity contribution < 1.29 is 37.3 Å². The molecule has 1 N–H and O–H groups in total. The fourth-order valence-corrected chi connectivity index (χ4v) is 2.54. The monoisotopic (exact) mass is 435 g/mol. The smallest absolute Gasteiger partial charge is 0.387 e. The number of hydrogen-bond donors (Lipinski definition) is 1. The van der Waals surface area contributed by atoms with Gasteiger partial charge in [-0.2, -0.15) is 8.78 Å². The number of alkyl halides is 2. The number of hydrogen-bond acceptors (Lipinski definition) is 6. The van der Waals surface area contributed by atoms with Gasteiger partial charge in [0, 0.05) is 12.6 Å². The van der Waals surface area contributed by atoms with Crippen molar-refractivity contribution in [3.63, 3.8) is 0 Å². The molecule has 0 bridgehead atoms. The molecule has 0 radical (unpaired) electrons. The quantitative estimate of drug-likeness (QED) is 0.431. The minimum Gasteiger partial charge on any atom is -0.493 e. The predicted octanol–water partition coefficient (Wildman–Crippen LogP) is 3.22. The van der Waals surface area contributed by atoms with E-state index in [1.807, 2.05) is 12.1 Å². The maximum absolute atomic E-state index is 12.1. The van der Waals surface area contributed by atoms with E-state index in [0.29, 0.717) is 30.0 Å². The highest BCUT2D eigenvalue weighted by Gasteiger charge is 2.07. The maximum atomic E-state index is 12.1. The number of amides is 1. The van der Waals surface area contributed by atoms with Crippen LogP contribution in [0.15, 0.2) is 48.5 Å². The van der Waals surface area contributed by atoms with Gasteiger partial charge in [-0.1, -0.05) is 18.2 Å². The zero-order valence-electron chi connectivity index (χ0n) is 17.1. The van der Waals surface area contributed by atoms with Crippen LogP contribution < -0.4 is 19.5 Å². The van der Waals surface area contributed by atoms with E-state index in [1.165, 1.54) is 30.3 Å². The summed E-state index contributed by atoms with van der Waals surface area (Å²) in [6.07, 6.45) is 3.13. The summed E-state index contributed by atoms with van der Waals surface area (Å²) in [6, 6.07) is 11.2. The first-order valence-corrected chi connectivity index (χ1v) is 9.28. The van der Waals surface area contributed by atoms with Crippen LogP contribution >= 0.6 is 0 Å². The molecule has 0 saturated carbocycles. The summed E-state index contributed by atoms with van der Waals surface area (Å²) >= 11 is 0. The van der Waals surface area contributed by atoms with E-state index >= 15 is 0 Å². The lowest BCUT2D eigenvalue weighted by Crippen LogP contribution is -2.30. The Bertz CT molecular complexity index is 899. The van der Waals surface area contributed by atoms with Crippen LogP contribution in [-0.4, -0.2) is 45.9 Å². The molecule has 0 unspecified atom stereocenters.